The van der Waals surface area contributed by atoms with Crippen LogP contribution in [0.25, 0.3) is 0 Å². The van der Waals surface area contributed by atoms with E-state index in [0.717, 1.165) is 35.5 Å². The van der Waals surface area contributed by atoms with Gasteiger partial charge in [-0.1, -0.05) is 12.1 Å². The zero-order chi connectivity index (χ0) is 17.8. The third-order valence-corrected chi connectivity index (χ3v) is 20.3. The first-order chi connectivity index (χ1) is 13.1. The summed E-state index contributed by atoms with van der Waals surface area (Å²) in [4.78, 5) is 0. The average Bonchev–Trinajstić information content (AvgIpc) is 2.59. The van der Waals surface area contributed by atoms with Gasteiger partial charge in [-0.05, 0) is 92.6 Å². The molecule has 6 saturated heterocycles. The normalized spacial score (nSPS) is 51.9. The molecule has 0 atom stereocenters. The van der Waals surface area contributed by atoms with Crippen LogP contribution in [-0.4, -0.2) is 37.0 Å². The SMILES string of the molecule is Cc1cccc([P+]23CC4CC(CC(C4)C2)C3)c1[P+]12CC3CC(CC(C3)C1)C2. The van der Waals surface area contributed by atoms with E-state index >= 15 is 0 Å². The van der Waals surface area contributed by atoms with Gasteiger partial charge in [-0.3, -0.25) is 0 Å². The molecule has 2 aliphatic carbocycles. The van der Waals surface area contributed by atoms with Gasteiger partial charge in [0, 0.05) is 0 Å². The largest absolute Gasteiger partial charge is 0.138 e. The predicted octanol–water partition coefficient (Wildman–Crippen LogP) is 5.40. The first-order valence-corrected chi connectivity index (χ1v) is 16.6. The number of benzene rings is 1. The van der Waals surface area contributed by atoms with Crippen LogP contribution < -0.4 is 10.6 Å². The molecule has 2 heteroatoms. The standard InChI is InChI=1S/C25H36P2/c1-17-3-2-4-24(26-11-18-5-19(12-26)7-20(6-18)13-26)25(17)27-14-21-8-22(15-27)10-23(9-21)16-27/h2-4,18-23H,5-16H2,1H3/q+2. The van der Waals surface area contributed by atoms with Gasteiger partial charge in [-0.25, -0.2) is 0 Å². The molecule has 8 fully saturated rings. The van der Waals surface area contributed by atoms with E-state index in [9.17, 15) is 0 Å². The molecule has 0 unspecified atom stereocenters. The van der Waals surface area contributed by atoms with Gasteiger partial charge in [0.15, 0.2) is 0 Å². The summed E-state index contributed by atoms with van der Waals surface area (Å²) in [5.74, 6) is 6.71. The van der Waals surface area contributed by atoms with Crippen LogP contribution in [0.15, 0.2) is 18.2 Å². The molecular formula is C25H36P2+2. The van der Waals surface area contributed by atoms with Gasteiger partial charge in [0.25, 0.3) is 0 Å². The van der Waals surface area contributed by atoms with Crippen molar-refractivity contribution in [3.05, 3.63) is 23.8 Å². The Hall–Kier alpha value is 0.0800. The maximum absolute atomic E-state index is 2.71. The smallest absolute Gasteiger partial charge is 0.0578 e. The summed E-state index contributed by atoms with van der Waals surface area (Å²) >= 11 is 0. The van der Waals surface area contributed by atoms with E-state index in [4.69, 9.17) is 0 Å². The quantitative estimate of drug-likeness (QED) is 0.585. The van der Waals surface area contributed by atoms with Crippen LogP contribution >= 0.6 is 14.5 Å². The zero-order valence-electron chi connectivity index (χ0n) is 17.1. The number of aryl methyl sites for hydroxylation is 1. The van der Waals surface area contributed by atoms with Crippen molar-refractivity contribution in [1.82, 2.24) is 0 Å². The van der Waals surface area contributed by atoms with E-state index in [1.807, 2.05) is 5.30 Å². The molecule has 0 amide bonds. The summed E-state index contributed by atoms with van der Waals surface area (Å²) in [6, 6.07) is 7.70. The molecular weight excluding hydrogens is 362 g/mol. The van der Waals surface area contributed by atoms with Crippen LogP contribution in [0.5, 0.6) is 0 Å². The first-order valence-electron chi connectivity index (χ1n) is 11.9. The highest BCUT2D eigenvalue weighted by Crippen LogP contribution is 2.76. The minimum atomic E-state index is -0.870. The molecule has 144 valence electrons. The molecule has 2 saturated carbocycles. The predicted molar refractivity (Wildman–Crippen MR) is 122 cm³/mol. The lowest BCUT2D eigenvalue weighted by atomic mass is 9.76. The maximum Gasteiger partial charge on any atom is 0.138 e. The van der Waals surface area contributed by atoms with Gasteiger partial charge < -0.3 is 0 Å². The molecule has 8 bridgehead atoms. The third kappa shape index (κ3) is 2.36. The second-order valence-electron chi connectivity index (χ2n) is 11.9. The minimum absolute atomic E-state index is 0.859. The maximum atomic E-state index is 2.71. The van der Waals surface area contributed by atoms with Crippen LogP contribution in [0.3, 0.4) is 0 Å². The molecule has 8 aliphatic rings. The lowest BCUT2D eigenvalue weighted by molar-refractivity contribution is 0.209. The van der Waals surface area contributed by atoms with Gasteiger partial charge >= 0.3 is 0 Å². The van der Waals surface area contributed by atoms with Gasteiger partial charge in [0.05, 0.1) is 51.5 Å². The highest BCUT2D eigenvalue weighted by molar-refractivity contribution is 7.89. The third-order valence-electron chi connectivity index (χ3n) is 9.85. The van der Waals surface area contributed by atoms with Crippen LogP contribution in [0.2, 0.25) is 0 Å². The van der Waals surface area contributed by atoms with E-state index in [1.165, 1.54) is 0 Å². The van der Waals surface area contributed by atoms with Crippen molar-refractivity contribution in [2.75, 3.05) is 37.0 Å². The van der Waals surface area contributed by atoms with E-state index in [0.29, 0.717) is 0 Å². The molecule has 6 heterocycles. The second kappa shape index (κ2) is 5.61. The summed E-state index contributed by atoms with van der Waals surface area (Å²) < 4.78 is 0. The summed E-state index contributed by atoms with van der Waals surface area (Å²) in [7, 11) is -1.73. The monoisotopic (exact) mass is 398 g/mol. The fraction of sp³-hybridized carbons (Fsp3) is 0.760. The molecule has 0 spiro atoms. The van der Waals surface area contributed by atoms with Crippen LogP contribution in [0.4, 0.5) is 0 Å². The topological polar surface area (TPSA) is 0 Å². The Kier molecular flexibility index (Phi) is 3.50. The Morgan fingerprint density at radius 3 is 1.44 bits per heavy atom. The molecule has 27 heavy (non-hydrogen) atoms. The van der Waals surface area contributed by atoms with Crippen molar-refractivity contribution in [3.63, 3.8) is 0 Å². The van der Waals surface area contributed by atoms with Gasteiger partial charge in [-0.15, -0.1) is 0 Å². The highest BCUT2D eigenvalue weighted by atomic mass is 31.2. The van der Waals surface area contributed by atoms with Crippen molar-refractivity contribution in [1.29, 1.82) is 0 Å². The number of hydrogen-bond acceptors (Lipinski definition) is 0. The van der Waals surface area contributed by atoms with Crippen LogP contribution in [0.1, 0.15) is 44.1 Å². The minimum Gasteiger partial charge on any atom is -0.0578 e. The van der Waals surface area contributed by atoms with Crippen LogP contribution in [-0.2, 0) is 0 Å². The lowest BCUT2D eigenvalue weighted by Gasteiger charge is -2.54. The summed E-state index contributed by atoms with van der Waals surface area (Å²) in [6.07, 6.45) is 19.6. The molecule has 6 aliphatic heterocycles. The number of rotatable bonds is 2. The van der Waals surface area contributed by atoms with Gasteiger partial charge in [0.2, 0.25) is 0 Å². The van der Waals surface area contributed by atoms with Crippen molar-refractivity contribution in [2.24, 2.45) is 35.5 Å². The van der Waals surface area contributed by atoms with Crippen molar-refractivity contribution < 1.29 is 0 Å². The van der Waals surface area contributed by atoms with Crippen molar-refractivity contribution >= 4 is 25.1 Å². The Morgan fingerprint density at radius 1 is 0.593 bits per heavy atom. The molecule has 9 rings (SSSR count). The molecule has 0 aromatic heterocycles. The zero-order valence-corrected chi connectivity index (χ0v) is 18.9. The fourth-order valence-corrected chi connectivity index (χ4v) is 23.4. The fourth-order valence-electron chi connectivity index (χ4n) is 9.93. The Bertz CT molecular complexity index is 723. The van der Waals surface area contributed by atoms with Crippen molar-refractivity contribution in [3.8, 4) is 0 Å². The van der Waals surface area contributed by atoms with E-state index < -0.39 is 14.5 Å². The molecule has 0 radical (unpaired) electrons. The van der Waals surface area contributed by atoms with Gasteiger partial charge in [0.1, 0.15) is 10.6 Å². The Morgan fingerprint density at radius 2 is 1.00 bits per heavy atom. The van der Waals surface area contributed by atoms with E-state index in [2.05, 4.69) is 30.4 Å². The lowest BCUT2D eigenvalue weighted by Crippen LogP contribution is -2.53. The number of hydrogen-bond donors (Lipinski definition) is 0. The van der Waals surface area contributed by atoms with Gasteiger partial charge in [-0.2, -0.15) is 0 Å². The van der Waals surface area contributed by atoms with E-state index in [1.54, 1.807) is 81.1 Å². The van der Waals surface area contributed by atoms with Crippen LogP contribution in [0, 0.1) is 42.4 Å². The Labute approximate surface area is 166 Å². The van der Waals surface area contributed by atoms with Crippen molar-refractivity contribution in [2.45, 2.75) is 45.4 Å². The molecule has 1 aromatic carbocycles. The first kappa shape index (κ1) is 16.8. The molecule has 1 aromatic rings. The summed E-state index contributed by atoms with van der Waals surface area (Å²) in [5, 5.41) is 4.11. The molecule has 0 nitrogen and oxygen atoms in total. The summed E-state index contributed by atoms with van der Waals surface area (Å²) in [6.45, 7) is 2.52. The van der Waals surface area contributed by atoms with E-state index in [-0.39, 0.29) is 0 Å². The Balaban J connectivity index is 1.39. The average molecular weight is 399 g/mol. The highest BCUT2D eigenvalue weighted by Gasteiger charge is 2.63. The second-order valence-corrected chi connectivity index (χ2v) is 19.6. The summed E-state index contributed by atoms with van der Waals surface area (Å²) in [5.41, 5.74) is 1.73. The molecule has 0 N–H and O–H groups in total.